The molecular formula is C16H15F3N2O. The van der Waals surface area contributed by atoms with Crippen molar-refractivity contribution in [3.63, 3.8) is 0 Å². The summed E-state index contributed by atoms with van der Waals surface area (Å²) in [7, 11) is 0. The number of Topliss-reactive ketones (excluding diaryl/α,β-unsaturated/α-hetero) is 1. The number of nitriles is 1. The molecule has 0 heterocycles. The molecule has 0 radical (unpaired) electrons. The highest BCUT2D eigenvalue weighted by Gasteiger charge is 2.34. The Kier molecular flexibility index (Phi) is 4.01. The van der Waals surface area contributed by atoms with Crippen LogP contribution in [0.3, 0.4) is 0 Å². The van der Waals surface area contributed by atoms with Crippen molar-refractivity contribution in [3.8, 4) is 6.07 Å². The van der Waals surface area contributed by atoms with Crippen molar-refractivity contribution in [1.82, 2.24) is 0 Å². The molecule has 1 aliphatic rings. The second kappa shape index (κ2) is 5.48. The van der Waals surface area contributed by atoms with Gasteiger partial charge in [0.1, 0.15) is 11.6 Å². The Morgan fingerprint density at radius 3 is 2.55 bits per heavy atom. The Bertz CT molecular complexity index is 681. The summed E-state index contributed by atoms with van der Waals surface area (Å²) in [6.45, 7) is 3.76. The van der Waals surface area contributed by atoms with Crippen LogP contribution >= 0.6 is 0 Å². The molecule has 0 amide bonds. The number of allylic oxidation sites excluding steroid dienone is 2. The van der Waals surface area contributed by atoms with Crippen LogP contribution in [0.1, 0.15) is 32.3 Å². The summed E-state index contributed by atoms with van der Waals surface area (Å²) in [6.07, 6.45) is -3.76. The van der Waals surface area contributed by atoms with Crippen molar-refractivity contribution in [2.24, 2.45) is 5.41 Å². The fourth-order valence-corrected chi connectivity index (χ4v) is 2.50. The van der Waals surface area contributed by atoms with E-state index in [0.717, 1.165) is 12.1 Å². The zero-order chi connectivity index (χ0) is 16.5. The molecule has 0 unspecified atom stereocenters. The minimum absolute atomic E-state index is 0.00302. The topological polar surface area (TPSA) is 52.9 Å². The van der Waals surface area contributed by atoms with Gasteiger partial charge in [-0.05, 0) is 30.0 Å². The van der Waals surface area contributed by atoms with Gasteiger partial charge in [0.25, 0.3) is 0 Å². The van der Waals surface area contributed by atoms with Crippen molar-refractivity contribution in [3.05, 3.63) is 41.1 Å². The monoisotopic (exact) mass is 308 g/mol. The average molecular weight is 308 g/mol. The molecule has 1 aliphatic carbocycles. The van der Waals surface area contributed by atoms with Gasteiger partial charge >= 0.3 is 6.18 Å². The first-order chi connectivity index (χ1) is 10.1. The molecule has 1 aromatic carbocycles. The number of rotatable bonds is 2. The van der Waals surface area contributed by atoms with Crippen LogP contribution in [0.15, 0.2) is 35.5 Å². The highest BCUT2D eigenvalue weighted by atomic mass is 19.4. The van der Waals surface area contributed by atoms with Gasteiger partial charge in [0.2, 0.25) is 0 Å². The maximum Gasteiger partial charge on any atom is 0.416 e. The second-order valence-electron chi connectivity index (χ2n) is 6.11. The molecule has 0 atom stereocenters. The van der Waals surface area contributed by atoms with E-state index in [-0.39, 0.29) is 28.9 Å². The van der Waals surface area contributed by atoms with Crippen LogP contribution in [0, 0.1) is 16.7 Å². The molecule has 0 aliphatic heterocycles. The van der Waals surface area contributed by atoms with E-state index in [1.165, 1.54) is 12.1 Å². The van der Waals surface area contributed by atoms with Gasteiger partial charge in [-0.3, -0.25) is 4.79 Å². The molecule has 3 nitrogen and oxygen atoms in total. The minimum atomic E-state index is -4.44. The summed E-state index contributed by atoms with van der Waals surface area (Å²) in [5.74, 6) is -0.284. The van der Waals surface area contributed by atoms with E-state index in [1.807, 2.05) is 19.9 Å². The van der Waals surface area contributed by atoms with Crippen LogP contribution in [0.4, 0.5) is 18.9 Å². The smallest absolute Gasteiger partial charge is 0.358 e. The maximum atomic E-state index is 12.7. The standard InChI is InChI=1S/C16H15F3N2O/c1-15(2)7-13(12(9-20)14(22)8-15)21-11-5-3-4-10(6-11)16(17,18)19/h3-6,21H,7-8H2,1-2H3. The zero-order valence-corrected chi connectivity index (χ0v) is 12.2. The molecule has 0 saturated carbocycles. The zero-order valence-electron chi connectivity index (χ0n) is 12.2. The van der Waals surface area contributed by atoms with Gasteiger partial charge in [-0.15, -0.1) is 0 Å². The lowest BCUT2D eigenvalue weighted by Gasteiger charge is -2.30. The normalized spacial score (nSPS) is 18.1. The van der Waals surface area contributed by atoms with Gasteiger partial charge in [-0.1, -0.05) is 19.9 Å². The number of hydrogen-bond acceptors (Lipinski definition) is 3. The van der Waals surface area contributed by atoms with Crippen LogP contribution in [-0.4, -0.2) is 5.78 Å². The Labute approximate surface area is 126 Å². The highest BCUT2D eigenvalue weighted by Crippen LogP contribution is 2.37. The van der Waals surface area contributed by atoms with Gasteiger partial charge in [0, 0.05) is 17.8 Å². The van der Waals surface area contributed by atoms with Crippen LogP contribution < -0.4 is 5.32 Å². The first kappa shape index (κ1) is 16.1. The van der Waals surface area contributed by atoms with E-state index < -0.39 is 11.7 Å². The summed E-state index contributed by atoms with van der Waals surface area (Å²) in [4.78, 5) is 12.0. The number of carbonyl (C=O) groups excluding carboxylic acids is 1. The predicted octanol–water partition coefficient (Wildman–Crippen LogP) is 4.28. The number of nitrogens with zero attached hydrogens (tertiary/aromatic N) is 1. The lowest BCUT2D eigenvalue weighted by molar-refractivity contribution is -0.137. The molecule has 1 aromatic rings. The third kappa shape index (κ3) is 3.48. The Balaban J connectivity index is 2.37. The summed E-state index contributed by atoms with van der Waals surface area (Å²) >= 11 is 0. The molecule has 2 rings (SSSR count). The summed E-state index contributed by atoms with van der Waals surface area (Å²) in [5.41, 5.74) is -0.526. The molecule has 6 heteroatoms. The van der Waals surface area contributed by atoms with Crippen LogP contribution in [0.2, 0.25) is 0 Å². The van der Waals surface area contributed by atoms with Crippen LogP contribution in [0.5, 0.6) is 0 Å². The lowest BCUT2D eigenvalue weighted by Crippen LogP contribution is -2.28. The third-order valence-corrected chi connectivity index (χ3v) is 3.47. The molecule has 0 saturated heterocycles. The molecule has 0 spiro atoms. The van der Waals surface area contributed by atoms with Crippen molar-refractivity contribution in [1.29, 1.82) is 5.26 Å². The van der Waals surface area contributed by atoms with Crippen molar-refractivity contribution in [2.75, 3.05) is 5.32 Å². The van der Waals surface area contributed by atoms with Crippen molar-refractivity contribution in [2.45, 2.75) is 32.9 Å². The van der Waals surface area contributed by atoms with E-state index in [0.29, 0.717) is 12.1 Å². The van der Waals surface area contributed by atoms with Crippen molar-refractivity contribution >= 4 is 11.5 Å². The number of halogens is 3. The second-order valence-corrected chi connectivity index (χ2v) is 6.11. The number of alkyl halides is 3. The maximum absolute atomic E-state index is 12.7. The Morgan fingerprint density at radius 1 is 1.27 bits per heavy atom. The fraction of sp³-hybridized carbons (Fsp3) is 0.375. The number of anilines is 1. The first-order valence-corrected chi connectivity index (χ1v) is 6.73. The van der Waals surface area contributed by atoms with Gasteiger partial charge < -0.3 is 5.32 Å². The van der Waals surface area contributed by atoms with Crippen LogP contribution in [-0.2, 0) is 11.0 Å². The highest BCUT2D eigenvalue weighted by molar-refractivity contribution is 6.01. The van der Waals surface area contributed by atoms with Gasteiger partial charge in [0.15, 0.2) is 5.78 Å². The molecule has 116 valence electrons. The number of hydrogen-bond donors (Lipinski definition) is 1. The van der Waals surface area contributed by atoms with E-state index in [4.69, 9.17) is 5.26 Å². The molecule has 0 bridgehead atoms. The predicted molar refractivity (Wildman–Crippen MR) is 75.7 cm³/mol. The fourth-order valence-electron chi connectivity index (χ4n) is 2.50. The number of ketones is 1. The molecule has 0 aromatic heterocycles. The van der Waals surface area contributed by atoms with E-state index in [9.17, 15) is 18.0 Å². The van der Waals surface area contributed by atoms with Gasteiger partial charge in [0.05, 0.1) is 5.56 Å². The summed E-state index contributed by atoms with van der Waals surface area (Å²) in [5, 5.41) is 11.9. The molecule has 1 N–H and O–H groups in total. The number of carbonyl (C=O) groups is 1. The van der Waals surface area contributed by atoms with Gasteiger partial charge in [-0.25, -0.2) is 0 Å². The van der Waals surface area contributed by atoms with E-state index in [1.54, 1.807) is 0 Å². The molecular weight excluding hydrogens is 293 g/mol. The molecule has 0 fully saturated rings. The third-order valence-electron chi connectivity index (χ3n) is 3.47. The lowest BCUT2D eigenvalue weighted by atomic mass is 9.76. The van der Waals surface area contributed by atoms with E-state index >= 15 is 0 Å². The Morgan fingerprint density at radius 2 is 1.95 bits per heavy atom. The average Bonchev–Trinajstić information content (AvgIpc) is 2.36. The Hall–Kier alpha value is -2.29. The van der Waals surface area contributed by atoms with Crippen LogP contribution in [0.25, 0.3) is 0 Å². The van der Waals surface area contributed by atoms with E-state index in [2.05, 4.69) is 5.32 Å². The largest absolute Gasteiger partial charge is 0.416 e. The summed E-state index contributed by atoms with van der Waals surface area (Å²) < 4.78 is 38.2. The number of nitrogens with one attached hydrogen (secondary N) is 1. The molecule has 22 heavy (non-hydrogen) atoms. The number of benzene rings is 1. The first-order valence-electron chi connectivity index (χ1n) is 6.73. The minimum Gasteiger partial charge on any atom is -0.358 e. The quantitative estimate of drug-likeness (QED) is 0.887. The van der Waals surface area contributed by atoms with Gasteiger partial charge in [-0.2, -0.15) is 18.4 Å². The van der Waals surface area contributed by atoms with Crippen molar-refractivity contribution < 1.29 is 18.0 Å². The summed E-state index contributed by atoms with van der Waals surface area (Å²) in [6, 6.07) is 6.55. The SMILES string of the molecule is CC1(C)CC(=O)C(C#N)=C(Nc2cccc(C(F)(F)F)c2)C1.